The van der Waals surface area contributed by atoms with Crippen LogP contribution in [0.25, 0.3) is 0 Å². The Balaban J connectivity index is 2.58. The Kier molecular flexibility index (Phi) is 5.35. The molecule has 0 radical (unpaired) electrons. The van der Waals surface area contributed by atoms with E-state index in [1.54, 1.807) is 13.2 Å². The number of rotatable bonds is 5. The van der Waals surface area contributed by atoms with Crippen molar-refractivity contribution in [2.45, 2.75) is 6.04 Å². The van der Waals surface area contributed by atoms with Crippen LogP contribution in [-0.4, -0.2) is 31.0 Å². The summed E-state index contributed by atoms with van der Waals surface area (Å²) in [5.74, 6) is -0.183. The summed E-state index contributed by atoms with van der Waals surface area (Å²) in [5, 5.41) is 3.45. The maximum Gasteiger partial charge on any atom is 0.256 e. The molecule has 1 aromatic rings. The number of methoxy groups -OCH3 is 1. The predicted octanol–water partition coefficient (Wildman–Crippen LogP) is 2.18. The minimum absolute atomic E-state index is 0.0516. The van der Waals surface area contributed by atoms with Crippen molar-refractivity contribution in [3.63, 3.8) is 0 Å². The number of carbonyl (C=O) groups excluding carboxylic acids is 1. The fourth-order valence-corrected chi connectivity index (χ4v) is 1.81. The lowest BCUT2D eigenvalue weighted by Crippen LogP contribution is -2.39. The highest BCUT2D eigenvalue weighted by molar-refractivity contribution is 9.10. The van der Waals surface area contributed by atoms with Gasteiger partial charge >= 0.3 is 0 Å². The number of hydrogen-bond acceptors (Lipinski definition) is 3. The third-order valence-corrected chi connectivity index (χ3v) is 3.15. The highest BCUT2D eigenvalue weighted by Gasteiger charge is 2.16. The SMILES string of the molecule is COCC(CBr)NC(=O)c1ccoc1Br. The molecule has 0 saturated carbocycles. The standard InChI is InChI=1S/C9H11Br2NO3/c1-14-5-6(4-10)12-9(13)7-2-3-15-8(7)11/h2-3,6H,4-5H2,1H3,(H,12,13). The van der Waals surface area contributed by atoms with Crippen molar-refractivity contribution in [2.75, 3.05) is 19.0 Å². The van der Waals surface area contributed by atoms with Gasteiger partial charge in [-0.15, -0.1) is 0 Å². The summed E-state index contributed by atoms with van der Waals surface area (Å²) < 4.78 is 10.4. The van der Waals surface area contributed by atoms with E-state index in [0.29, 0.717) is 22.2 Å². The molecule has 0 bridgehead atoms. The Morgan fingerprint density at radius 2 is 2.47 bits per heavy atom. The molecule has 1 rings (SSSR count). The van der Waals surface area contributed by atoms with Gasteiger partial charge in [0.15, 0.2) is 4.67 Å². The summed E-state index contributed by atoms with van der Waals surface area (Å²) in [6, 6.07) is 1.56. The molecule has 6 heteroatoms. The fourth-order valence-electron chi connectivity index (χ4n) is 1.04. The molecule has 1 aromatic heterocycles. The maximum absolute atomic E-state index is 11.7. The summed E-state index contributed by atoms with van der Waals surface area (Å²) in [6.07, 6.45) is 1.46. The Morgan fingerprint density at radius 1 is 1.73 bits per heavy atom. The van der Waals surface area contributed by atoms with E-state index in [9.17, 15) is 4.79 Å². The van der Waals surface area contributed by atoms with Crippen molar-refractivity contribution in [3.05, 3.63) is 22.6 Å². The number of nitrogens with one attached hydrogen (secondary N) is 1. The van der Waals surface area contributed by atoms with Gasteiger partial charge in [0, 0.05) is 12.4 Å². The Labute approximate surface area is 105 Å². The van der Waals surface area contributed by atoms with Crippen molar-refractivity contribution >= 4 is 37.8 Å². The minimum Gasteiger partial charge on any atom is -0.457 e. The first-order valence-electron chi connectivity index (χ1n) is 4.27. The van der Waals surface area contributed by atoms with Crippen molar-refractivity contribution in [2.24, 2.45) is 0 Å². The second kappa shape index (κ2) is 6.30. The summed E-state index contributed by atoms with van der Waals surface area (Å²) >= 11 is 6.44. The first kappa shape index (κ1) is 12.7. The molecule has 4 nitrogen and oxygen atoms in total. The highest BCUT2D eigenvalue weighted by Crippen LogP contribution is 2.17. The molecule has 84 valence electrons. The molecule has 1 amide bonds. The first-order chi connectivity index (χ1) is 7.19. The molecule has 0 aliphatic heterocycles. The average Bonchev–Trinajstić information content (AvgIpc) is 2.63. The molecule has 1 heterocycles. The summed E-state index contributed by atoms with van der Waals surface area (Å²) in [7, 11) is 1.59. The van der Waals surface area contributed by atoms with Crippen LogP contribution in [0.5, 0.6) is 0 Å². The third-order valence-electron chi connectivity index (χ3n) is 1.75. The molecular weight excluding hydrogens is 330 g/mol. The van der Waals surface area contributed by atoms with E-state index in [4.69, 9.17) is 9.15 Å². The minimum atomic E-state index is -0.183. The number of amides is 1. The van der Waals surface area contributed by atoms with Gasteiger partial charge < -0.3 is 14.5 Å². The second-order valence-corrected chi connectivity index (χ2v) is 4.26. The number of hydrogen-bond donors (Lipinski definition) is 1. The average molecular weight is 341 g/mol. The molecule has 1 unspecified atom stereocenters. The number of ether oxygens (including phenoxy) is 1. The lowest BCUT2D eigenvalue weighted by molar-refractivity contribution is 0.0906. The van der Waals surface area contributed by atoms with Gasteiger partial charge in [-0.05, 0) is 22.0 Å². The Morgan fingerprint density at radius 3 is 2.93 bits per heavy atom. The van der Waals surface area contributed by atoms with Crippen molar-refractivity contribution in [1.82, 2.24) is 5.32 Å². The normalized spacial score (nSPS) is 12.5. The van der Waals surface area contributed by atoms with E-state index < -0.39 is 0 Å². The van der Waals surface area contributed by atoms with E-state index >= 15 is 0 Å². The maximum atomic E-state index is 11.7. The molecule has 1 atom stereocenters. The van der Waals surface area contributed by atoms with E-state index in [2.05, 4.69) is 37.2 Å². The quantitative estimate of drug-likeness (QED) is 0.836. The zero-order chi connectivity index (χ0) is 11.3. The Hall–Kier alpha value is -0.330. The molecule has 15 heavy (non-hydrogen) atoms. The molecule has 0 saturated heterocycles. The molecule has 0 aliphatic rings. The van der Waals surface area contributed by atoms with Gasteiger partial charge in [0.05, 0.1) is 24.5 Å². The summed E-state index contributed by atoms with van der Waals surface area (Å²) in [4.78, 5) is 11.7. The fraction of sp³-hybridized carbons (Fsp3) is 0.444. The topological polar surface area (TPSA) is 51.5 Å². The van der Waals surface area contributed by atoms with E-state index in [1.807, 2.05) is 0 Å². The smallest absolute Gasteiger partial charge is 0.256 e. The lowest BCUT2D eigenvalue weighted by Gasteiger charge is -2.14. The van der Waals surface area contributed by atoms with Crippen LogP contribution in [0.4, 0.5) is 0 Å². The molecule has 0 aromatic carbocycles. The predicted molar refractivity (Wildman–Crippen MR) is 63.3 cm³/mol. The third kappa shape index (κ3) is 3.62. The lowest BCUT2D eigenvalue weighted by atomic mass is 10.3. The zero-order valence-corrected chi connectivity index (χ0v) is 11.3. The van der Waals surface area contributed by atoms with Gasteiger partial charge in [0.25, 0.3) is 5.91 Å². The molecule has 0 spiro atoms. The van der Waals surface area contributed by atoms with Crippen LogP contribution in [0, 0.1) is 0 Å². The van der Waals surface area contributed by atoms with Gasteiger partial charge in [0.2, 0.25) is 0 Å². The van der Waals surface area contributed by atoms with Gasteiger partial charge in [-0.2, -0.15) is 0 Å². The molecule has 0 fully saturated rings. The molecule has 0 aliphatic carbocycles. The van der Waals surface area contributed by atoms with Crippen LogP contribution in [0.15, 0.2) is 21.4 Å². The van der Waals surface area contributed by atoms with Crippen molar-refractivity contribution in [1.29, 1.82) is 0 Å². The Bertz CT molecular complexity index is 327. The summed E-state index contributed by atoms with van der Waals surface area (Å²) in [5.41, 5.74) is 0.483. The van der Waals surface area contributed by atoms with E-state index in [-0.39, 0.29) is 11.9 Å². The van der Waals surface area contributed by atoms with Gasteiger partial charge in [-0.25, -0.2) is 0 Å². The highest BCUT2D eigenvalue weighted by atomic mass is 79.9. The van der Waals surface area contributed by atoms with Crippen LogP contribution in [0.1, 0.15) is 10.4 Å². The van der Waals surface area contributed by atoms with Crippen LogP contribution < -0.4 is 5.32 Å². The second-order valence-electron chi connectivity index (χ2n) is 2.89. The zero-order valence-electron chi connectivity index (χ0n) is 8.13. The largest absolute Gasteiger partial charge is 0.457 e. The summed E-state index contributed by atoms with van der Waals surface area (Å²) in [6.45, 7) is 0.465. The van der Waals surface area contributed by atoms with Gasteiger partial charge in [0.1, 0.15) is 0 Å². The molecular formula is C9H11Br2NO3. The van der Waals surface area contributed by atoms with E-state index in [1.165, 1.54) is 6.26 Å². The van der Waals surface area contributed by atoms with Crippen LogP contribution >= 0.6 is 31.9 Å². The number of carbonyl (C=O) groups is 1. The van der Waals surface area contributed by atoms with Gasteiger partial charge in [-0.1, -0.05) is 15.9 Å². The van der Waals surface area contributed by atoms with E-state index in [0.717, 1.165) is 0 Å². The van der Waals surface area contributed by atoms with Crippen molar-refractivity contribution < 1.29 is 13.9 Å². The van der Waals surface area contributed by atoms with Crippen molar-refractivity contribution in [3.8, 4) is 0 Å². The molecule has 1 N–H and O–H groups in total. The van der Waals surface area contributed by atoms with Crippen LogP contribution in [0.3, 0.4) is 0 Å². The monoisotopic (exact) mass is 339 g/mol. The van der Waals surface area contributed by atoms with Gasteiger partial charge in [-0.3, -0.25) is 4.79 Å². The number of halogens is 2. The van der Waals surface area contributed by atoms with Crippen LogP contribution in [0.2, 0.25) is 0 Å². The first-order valence-corrected chi connectivity index (χ1v) is 6.19. The van der Waals surface area contributed by atoms with Crippen LogP contribution in [-0.2, 0) is 4.74 Å². The number of alkyl halides is 1. The number of furan rings is 1.